The van der Waals surface area contributed by atoms with Gasteiger partial charge in [-0.05, 0) is 46.1 Å². The smallest absolute Gasteiger partial charge is 0.320 e. The van der Waals surface area contributed by atoms with Gasteiger partial charge in [-0.2, -0.15) is 0 Å². The van der Waals surface area contributed by atoms with Gasteiger partial charge in [0.1, 0.15) is 6.04 Å². The first-order valence-electron chi connectivity index (χ1n) is 7.78. The summed E-state index contributed by atoms with van der Waals surface area (Å²) in [4.78, 5) is 27.6. The quantitative estimate of drug-likeness (QED) is 0.834. The molecule has 0 aromatic rings. The lowest BCUT2D eigenvalue weighted by Crippen LogP contribution is -2.50. The number of hydrogen-bond donors (Lipinski definition) is 1. The molecule has 0 bridgehead atoms. The zero-order valence-electron chi connectivity index (χ0n) is 12.5. The minimum atomic E-state index is -0.799. The van der Waals surface area contributed by atoms with Crippen LogP contribution in [0.4, 0.5) is 0 Å². The molecule has 20 heavy (non-hydrogen) atoms. The van der Waals surface area contributed by atoms with Crippen LogP contribution in [0.3, 0.4) is 0 Å². The number of hydrogen-bond acceptors (Lipinski definition) is 3. The van der Waals surface area contributed by atoms with Gasteiger partial charge in [0.25, 0.3) is 0 Å². The lowest BCUT2D eigenvalue weighted by molar-refractivity contribution is -0.144. The number of carboxylic acids is 1. The Bertz CT molecular complexity index is 364. The van der Waals surface area contributed by atoms with Gasteiger partial charge in [-0.25, -0.2) is 0 Å². The number of carboxylic acid groups (broad SMARTS) is 1. The lowest BCUT2D eigenvalue weighted by atomic mass is 10.1. The average molecular weight is 282 g/mol. The first-order chi connectivity index (χ1) is 9.50. The van der Waals surface area contributed by atoms with Gasteiger partial charge in [-0.15, -0.1) is 0 Å². The van der Waals surface area contributed by atoms with Gasteiger partial charge in [-0.3, -0.25) is 14.5 Å². The van der Waals surface area contributed by atoms with Crippen molar-refractivity contribution in [3.05, 3.63) is 0 Å². The fourth-order valence-electron chi connectivity index (χ4n) is 3.65. The molecule has 114 valence electrons. The average Bonchev–Trinajstić information content (AvgIpc) is 2.99. The molecule has 0 spiro atoms. The van der Waals surface area contributed by atoms with Crippen molar-refractivity contribution < 1.29 is 14.7 Å². The van der Waals surface area contributed by atoms with E-state index in [4.69, 9.17) is 0 Å². The number of amides is 1. The summed E-state index contributed by atoms with van der Waals surface area (Å²) in [5.41, 5.74) is 0. The maximum absolute atomic E-state index is 12.6. The molecule has 1 heterocycles. The lowest BCUT2D eigenvalue weighted by Gasteiger charge is -2.34. The van der Waals surface area contributed by atoms with Crippen LogP contribution in [0.15, 0.2) is 0 Å². The maximum atomic E-state index is 12.6. The number of nitrogens with zero attached hydrogens (tertiary/aromatic N) is 2. The molecule has 0 aromatic carbocycles. The number of likely N-dealkylation sites (tertiary alicyclic amines) is 1. The van der Waals surface area contributed by atoms with Gasteiger partial charge in [0.2, 0.25) is 5.91 Å². The van der Waals surface area contributed by atoms with Gasteiger partial charge in [0.05, 0.1) is 6.54 Å². The van der Waals surface area contributed by atoms with Crippen molar-refractivity contribution in [3.8, 4) is 0 Å². The molecular weight excluding hydrogens is 256 g/mol. The van der Waals surface area contributed by atoms with Crippen molar-refractivity contribution in [2.24, 2.45) is 0 Å². The van der Waals surface area contributed by atoms with Crippen molar-refractivity contribution in [2.75, 3.05) is 13.1 Å². The molecule has 0 aromatic heterocycles. The maximum Gasteiger partial charge on any atom is 0.320 e. The number of carbonyl (C=O) groups excluding carboxylic acids is 1. The van der Waals surface area contributed by atoms with Crippen molar-refractivity contribution in [1.29, 1.82) is 0 Å². The molecule has 0 radical (unpaired) electrons. The van der Waals surface area contributed by atoms with Crippen LogP contribution in [0.5, 0.6) is 0 Å². The molecule has 1 amide bonds. The highest BCUT2D eigenvalue weighted by molar-refractivity contribution is 5.80. The second kappa shape index (κ2) is 6.57. The van der Waals surface area contributed by atoms with Gasteiger partial charge in [0, 0.05) is 12.1 Å². The molecule has 1 aliphatic heterocycles. The van der Waals surface area contributed by atoms with Gasteiger partial charge >= 0.3 is 5.97 Å². The summed E-state index contributed by atoms with van der Waals surface area (Å²) in [7, 11) is 0. The first-order valence-corrected chi connectivity index (χ1v) is 7.78. The van der Waals surface area contributed by atoms with Crippen molar-refractivity contribution >= 4 is 11.9 Å². The third kappa shape index (κ3) is 3.32. The van der Waals surface area contributed by atoms with Crippen molar-refractivity contribution in [3.63, 3.8) is 0 Å². The number of carbonyl (C=O) groups is 2. The Morgan fingerprint density at radius 2 is 1.85 bits per heavy atom. The number of aliphatic carboxylic acids is 1. The molecule has 1 aliphatic carbocycles. The molecule has 1 atom stereocenters. The van der Waals surface area contributed by atoms with Crippen LogP contribution in [0.2, 0.25) is 0 Å². The molecule has 0 unspecified atom stereocenters. The molecule has 1 saturated heterocycles. The summed E-state index contributed by atoms with van der Waals surface area (Å²) in [5, 5.41) is 9.19. The highest BCUT2D eigenvalue weighted by Gasteiger charge is 2.35. The molecule has 2 fully saturated rings. The van der Waals surface area contributed by atoms with Crippen LogP contribution in [-0.4, -0.2) is 58.0 Å². The van der Waals surface area contributed by atoms with Crippen LogP contribution in [0, 0.1) is 0 Å². The molecule has 5 heteroatoms. The predicted octanol–water partition coefficient (Wildman–Crippen LogP) is 1.71. The highest BCUT2D eigenvalue weighted by Crippen LogP contribution is 2.26. The van der Waals surface area contributed by atoms with Gasteiger partial charge < -0.3 is 10.0 Å². The minimum absolute atomic E-state index is 0.0973. The van der Waals surface area contributed by atoms with Crippen LogP contribution >= 0.6 is 0 Å². The van der Waals surface area contributed by atoms with Crippen LogP contribution in [-0.2, 0) is 9.59 Å². The zero-order chi connectivity index (χ0) is 14.7. The van der Waals surface area contributed by atoms with E-state index in [1.54, 1.807) is 0 Å². The fourth-order valence-corrected chi connectivity index (χ4v) is 3.65. The molecular formula is C15H26N2O3. The molecule has 1 N–H and O–H groups in total. The SMILES string of the molecule is CC(C)N(C(=O)CN1CCC[C@H]1C(=O)O)C1CCCC1. The summed E-state index contributed by atoms with van der Waals surface area (Å²) in [6, 6.07) is 0.0707. The summed E-state index contributed by atoms with van der Waals surface area (Å²) in [5.74, 6) is -0.702. The summed E-state index contributed by atoms with van der Waals surface area (Å²) in [6.07, 6.45) is 6.10. The Balaban J connectivity index is 1.99. The van der Waals surface area contributed by atoms with E-state index in [0.29, 0.717) is 12.5 Å². The first kappa shape index (κ1) is 15.3. The van der Waals surface area contributed by atoms with E-state index in [-0.39, 0.29) is 18.5 Å². The Kier molecular flexibility index (Phi) is 5.02. The zero-order valence-corrected chi connectivity index (χ0v) is 12.5. The van der Waals surface area contributed by atoms with Gasteiger partial charge in [-0.1, -0.05) is 12.8 Å². The van der Waals surface area contributed by atoms with Crippen LogP contribution in [0.25, 0.3) is 0 Å². The number of rotatable bonds is 5. The van der Waals surface area contributed by atoms with Crippen LogP contribution < -0.4 is 0 Å². The van der Waals surface area contributed by atoms with Crippen LogP contribution in [0.1, 0.15) is 52.4 Å². The van der Waals surface area contributed by atoms with Gasteiger partial charge in [0.15, 0.2) is 0 Å². The fraction of sp³-hybridized carbons (Fsp3) is 0.867. The normalized spacial score (nSPS) is 24.4. The van der Waals surface area contributed by atoms with E-state index in [0.717, 1.165) is 25.8 Å². The monoisotopic (exact) mass is 282 g/mol. The molecule has 2 aliphatic rings. The highest BCUT2D eigenvalue weighted by atomic mass is 16.4. The Morgan fingerprint density at radius 1 is 1.20 bits per heavy atom. The van der Waals surface area contributed by atoms with Crippen molar-refractivity contribution in [1.82, 2.24) is 9.80 Å². The topological polar surface area (TPSA) is 60.9 Å². The minimum Gasteiger partial charge on any atom is -0.480 e. The standard InChI is InChI=1S/C15H26N2O3/c1-11(2)17(12-6-3-4-7-12)14(18)10-16-9-5-8-13(16)15(19)20/h11-13H,3-10H2,1-2H3,(H,19,20)/t13-/m0/s1. The van der Waals surface area contributed by atoms with E-state index in [1.165, 1.54) is 12.8 Å². The van der Waals surface area contributed by atoms with E-state index in [1.807, 2.05) is 9.80 Å². The van der Waals surface area contributed by atoms with E-state index in [2.05, 4.69) is 13.8 Å². The Labute approximate surface area is 120 Å². The van der Waals surface area contributed by atoms with E-state index >= 15 is 0 Å². The predicted molar refractivity (Wildman–Crippen MR) is 76.5 cm³/mol. The third-order valence-electron chi connectivity index (χ3n) is 4.55. The second-order valence-electron chi connectivity index (χ2n) is 6.30. The van der Waals surface area contributed by atoms with Crippen molar-refractivity contribution in [2.45, 2.75) is 70.5 Å². The second-order valence-corrected chi connectivity index (χ2v) is 6.30. The summed E-state index contributed by atoms with van der Waals surface area (Å²) < 4.78 is 0. The summed E-state index contributed by atoms with van der Waals surface area (Å²) >= 11 is 0. The third-order valence-corrected chi connectivity index (χ3v) is 4.55. The van der Waals surface area contributed by atoms with E-state index < -0.39 is 12.0 Å². The molecule has 5 nitrogen and oxygen atoms in total. The summed E-state index contributed by atoms with van der Waals surface area (Å²) in [6.45, 7) is 5.08. The largest absolute Gasteiger partial charge is 0.480 e. The van der Waals surface area contributed by atoms with E-state index in [9.17, 15) is 14.7 Å². The Morgan fingerprint density at radius 3 is 2.40 bits per heavy atom. The molecule has 2 rings (SSSR count). The molecule has 1 saturated carbocycles. The Hall–Kier alpha value is -1.10.